The summed E-state index contributed by atoms with van der Waals surface area (Å²) in [6, 6.07) is 4.00. The van der Waals surface area contributed by atoms with Crippen LogP contribution in [-0.2, 0) is 6.54 Å². The Balaban J connectivity index is 1.71. The molecule has 1 aromatic heterocycles. The lowest BCUT2D eigenvalue weighted by atomic mass is 10.1. The Bertz CT molecular complexity index is 498. The average Bonchev–Trinajstić information content (AvgIpc) is 3.37. The Morgan fingerprint density at radius 1 is 1.39 bits per heavy atom. The van der Waals surface area contributed by atoms with E-state index in [0.717, 1.165) is 48.8 Å². The van der Waals surface area contributed by atoms with Crippen molar-refractivity contribution in [3.05, 3.63) is 23.9 Å². The third-order valence-corrected chi connectivity index (χ3v) is 3.90. The maximum Gasteiger partial charge on any atom is 0.213 e. The van der Waals surface area contributed by atoms with Gasteiger partial charge in [-0.1, -0.05) is 13.8 Å². The van der Waals surface area contributed by atoms with E-state index in [0.29, 0.717) is 6.54 Å². The lowest BCUT2D eigenvalue weighted by Gasteiger charge is -2.13. The fraction of sp³-hybridized carbons (Fsp3) is 0.667. The second-order valence-corrected chi connectivity index (χ2v) is 6.65. The number of pyridine rings is 1. The molecule has 0 unspecified atom stereocenters. The molecular weight excluding hydrogens is 288 g/mol. The molecule has 1 aromatic rings. The van der Waals surface area contributed by atoms with E-state index < -0.39 is 0 Å². The van der Waals surface area contributed by atoms with Gasteiger partial charge in [0.15, 0.2) is 5.96 Å². The predicted molar refractivity (Wildman–Crippen MR) is 94.7 cm³/mol. The monoisotopic (exact) mass is 318 g/mol. The second-order valence-electron chi connectivity index (χ2n) is 6.65. The van der Waals surface area contributed by atoms with Crippen molar-refractivity contribution in [2.45, 2.75) is 46.1 Å². The van der Waals surface area contributed by atoms with E-state index in [9.17, 15) is 0 Å². The lowest BCUT2D eigenvalue weighted by molar-refractivity contribution is 0.288. The average molecular weight is 318 g/mol. The van der Waals surface area contributed by atoms with Gasteiger partial charge in [0.1, 0.15) is 0 Å². The number of hydrogen-bond donors (Lipinski definition) is 2. The number of nitrogens with one attached hydrogen (secondary N) is 2. The van der Waals surface area contributed by atoms with Crippen LogP contribution in [0.5, 0.6) is 5.88 Å². The molecule has 0 amide bonds. The molecule has 1 heterocycles. The van der Waals surface area contributed by atoms with Crippen molar-refractivity contribution in [1.29, 1.82) is 0 Å². The van der Waals surface area contributed by atoms with Crippen molar-refractivity contribution >= 4 is 5.96 Å². The molecule has 1 fully saturated rings. The van der Waals surface area contributed by atoms with E-state index >= 15 is 0 Å². The molecule has 0 saturated heterocycles. The summed E-state index contributed by atoms with van der Waals surface area (Å²) in [5.74, 6) is 3.05. The summed E-state index contributed by atoms with van der Waals surface area (Å²) in [5.41, 5.74) is 1.15. The first-order valence-electron chi connectivity index (χ1n) is 8.69. The number of ether oxygens (including phenoxy) is 1. The van der Waals surface area contributed by atoms with Gasteiger partial charge in [-0.05, 0) is 49.1 Å². The summed E-state index contributed by atoms with van der Waals surface area (Å²) in [7, 11) is 1.80. The van der Waals surface area contributed by atoms with E-state index in [2.05, 4.69) is 34.5 Å². The minimum atomic E-state index is 0.714. The van der Waals surface area contributed by atoms with Gasteiger partial charge in [0, 0.05) is 32.4 Å². The van der Waals surface area contributed by atoms with Gasteiger partial charge in [-0.3, -0.25) is 4.99 Å². The Kier molecular flexibility index (Phi) is 7.17. The summed E-state index contributed by atoms with van der Waals surface area (Å²) in [6.45, 7) is 6.96. The predicted octanol–water partition coefficient (Wildman–Crippen LogP) is 2.97. The van der Waals surface area contributed by atoms with Gasteiger partial charge in [0.25, 0.3) is 0 Å². The lowest BCUT2D eigenvalue weighted by Crippen LogP contribution is -2.37. The number of guanidine groups is 1. The summed E-state index contributed by atoms with van der Waals surface area (Å²) in [5, 5.41) is 6.68. The molecule has 5 heteroatoms. The van der Waals surface area contributed by atoms with Crippen LogP contribution < -0.4 is 15.4 Å². The number of hydrogen-bond acceptors (Lipinski definition) is 3. The molecule has 128 valence electrons. The highest BCUT2D eigenvalue weighted by Crippen LogP contribution is 2.29. The van der Waals surface area contributed by atoms with Crippen LogP contribution in [0.15, 0.2) is 23.3 Å². The maximum absolute atomic E-state index is 5.72. The van der Waals surface area contributed by atoms with Crippen LogP contribution in [0, 0.1) is 11.8 Å². The topological polar surface area (TPSA) is 58.5 Å². The maximum atomic E-state index is 5.72. The molecular formula is C18H30N4O. The Labute approximate surface area is 139 Å². The van der Waals surface area contributed by atoms with Crippen LogP contribution in [0.2, 0.25) is 0 Å². The Morgan fingerprint density at radius 3 is 2.91 bits per heavy atom. The van der Waals surface area contributed by atoms with Gasteiger partial charge in [-0.15, -0.1) is 0 Å². The molecule has 0 aliphatic heterocycles. The highest BCUT2D eigenvalue weighted by Gasteiger charge is 2.22. The summed E-state index contributed by atoms with van der Waals surface area (Å²) in [6.07, 6.45) is 6.78. The first-order valence-corrected chi connectivity index (χ1v) is 8.69. The van der Waals surface area contributed by atoms with Crippen molar-refractivity contribution < 1.29 is 4.74 Å². The fourth-order valence-corrected chi connectivity index (χ4v) is 2.25. The van der Waals surface area contributed by atoms with Gasteiger partial charge in [-0.2, -0.15) is 0 Å². The Morgan fingerprint density at radius 2 is 2.22 bits per heavy atom. The van der Waals surface area contributed by atoms with Crippen molar-refractivity contribution in [1.82, 2.24) is 15.6 Å². The third-order valence-electron chi connectivity index (χ3n) is 3.90. The standard InChI is InChI=1S/C18H30N4O/c1-14(2)5-4-9-21-18(19-3)22-12-16-8-10-20-17(11-16)23-13-15-6-7-15/h8,10-11,14-15H,4-7,9,12-13H2,1-3H3,(H2,19,21,22). The number of rotatable bonds is 9. The fourth-order valence-electron chi connectivity index (χ4n) is 2.25. The van der Waals surface area contributed by atoms with Crippen LogP contribution in [-0.4, -0.2) is 31.1 Å². The summed E-state index contributed by atoms with van der Waals surface area (Å²) < 4.78 is 5.72. The van der Waals surface area contributed by atoms with Gasteiger partial charge >= 0.3 is 0 Å². The zero-order chi connectivity index (χ0) is 16.5. The van der Waals surface area contributed by atoms with Gasteiger partial charge < -0.3 is 15.4 Å². The van der Waals surface area contributed by atoms with E-state index in [4.69, 9.17) is 4.74 Å². The van der Waals surface area contributed by atoms with Crippen LogP contribution in [0.1, 0.15) is 45.1 Å². The molecule has 1 aliphatic carbocycles. The summed E-state index contributed by atoms with van der Waals surface area (Å²) >= 11 is 0. The first-order chi connectivity index (χ1) is 11.2. The van der Waals surface area contributed by atoms with Crippen LogP contribution >= 0.6 is 0 Å². The summed E-state index contributed by atoms with van der Waals surface area (Å²) in [4.78, 5) is 8.53. The van der Waals surface area contributed by atoms with Gasteiger partial charge in [-0.25, -0.2) is 4.98 Å². The number of nitrogens with zero attached hydrogens (tertiary/aromatic N) is 2. The molecule has 2 rings (SSSR count). The zero-order valence-electron chi connectivity index (χ0n) is 14.6. The van der Waals surface area contributed by atoms with E-state index in [1.807, 2.05) is 12.1 Å². The molecule has 1 saturated carbocycles. The zero-order valence-corrected chi connectivity index (χ0v) is 14.6. The largest absolute Gasteiger partial charge is 0.477 e. The van der Waals surface area contributed by atoms with Crippen molar-refractivity contribution in [3.8, 4) is 5.88 Å². The van der Waals surface area contributed by atoms with E-state index in [-0.39, 0.29) is 0 Å². The van der Waals surface area contributed by atoms with E-state index in [1.165, 1.54) is 19.3 Å². The van der Waals surface area contributed by atoms with Crippen molar-refractivity contribution in [2.24, 2.45) is 16.8 Å². The number of aliphatic imine (C=N–C) groups is 1. The van der Waals surface area contributed by atoms with Gasteiger partial charge in [0.05, 0.1) is 6.61 Å². The first kappa shape index (κ1) is 17.6. The molecule has 23 heavy (non-hydrogen) atoms. The minimum Gasteiger partial charge on any atom is -0.477 e. The molecule has 1 aliphatic rings. The highest BCUT2D eigenvalue weighted by molar-refractivity contribution is 5.79. The minimum absolute atomic E-state index is 0.714. The van der Waals surface area contributed by atoms with Gasteiger partial charge in [0.2, 0.25) is 5.88 Å². The third kappa shape index (κ3) is 7.35. The molecule has 0 atom stereocenters. The number of aromatic nitrogens is 1. The second kappa shape index (κ2) is 9.38. The Hall–Kier alpha value is -1.78. The normalized spacial score (nSPS) is 14.9. The quantitative estimate of drug-likeness (QED) is 0.417. The SMILES string of the molecule is CN=C(NCCCC(C)C)NCc1ccnc(OCC2CC2)c1. The van der Waals surface area contributed by atoms with Crippen LogP contribution in [0.25, 0.3) is 0 Å². The molecule has 0 aromatic carbocycles. The molecule has 0 spiro atoms. The highest BCUT2D eigenvalue weighted by atomic mass is 16.5. The molecule has 5 nitrogen and oxygen atoms in total. The van der Waals surface area contributed by atoms with Crippen molar-refractivity contribution in [3.63, 3.8) is 0 Å². The van der Waals surface area contributed by atoms with Crippen LogP contribution in [0.3, 0.4) is 0 Å². The smallest absolute Gasteiger partial charge is 0.213 e. The molecule has 2 N–H and O–H groups in total. The van der Waals surface area contributed by atoms with E-state index in [1.54, 1.807) is 13.2 Å². The van der Waals surface area contributed by atoms with Crippen LogP contribution in [0.4, 0.5) is 0 Å². The molecule has 0 radical (unpaired) electrons. The molecule has 0 bridgehead atoms. The van der Waals surface area contributed by atoms with Crippen molar-refractivity contribution in [2.75, 3.05) is 20.2 Å².